The van der Waals surface area contributed by atoms with Crippen LogP contribution in [0.25, 0.3) is 0 Å². The molecule has 2 N–H and O–H groups in total. The summed E-state index contributed by atoms with van der Waals surface area (Å²) in [5.41, 5.74) is 0.457. The normalized spacial score (nSPS) is 23.5. The summed E-state index contributed by atoms with van der Waals surface area (Å²) in [4.78, 5) is 0.165. The number of hydrogen-bond acceptors (Lipinski definition) is 4. The summed E-state index contributed by atoms with van der Waals surface area (Å²) >= 11 is 0. The topological polar surface area (TPSA) is 83.6 Å². The Kier molecular flexibility index (Phi) is 5.10. The number of sulfonamides is 1. The molecule has 1 aliphatic heterocycles. The smallest absolute Gasteiger partial charge is 0.398 e. The molecule has 1 aromatic rings. The maximum atomic E-state index is 12.1. The van der Waals surface area contributed by atoms with Crippen LogP contribution in [-0.2, 0) is 25.9 Å². The van der Waals surface area contributed by atoms with Crippen LogP contribution in [0, 0.1) is 12.8 Å². The molecular formula is C18H31BN2O4S. The molecule has 1 aliphatic carbocycles. The van der Waals surface area contributed by atoms with Crippen LogP contribution < -0.4 is 10.7 Å². The fourth-order valence-electron chi connectivity index (χ4n) is 3.96. The molecule has 0 aromatic carbocycles. The van der Waals surface area contributed by atoms with Gasteiger partial charge in [-0.25, -0.2) is 13.6 Å². The van der Waals surface area contributed by atoms with Crippen molar-refractivity contribution in [1.29, 1.82) is 0 Å². The van der Waals surface area contributed by atoms with E-state index in [0.29, 0.717) is 11.6 Å². The summed E-state index contributed by atoms with van der Waals surface area (Å²) in [7, 11) is -4.39. The third-order valence-corrected chi connectivity index (χ3v) is 7.35. The largest absolute Gasteiger partial charge is 0.512 e. The van der Waals surface area contributed by atoms with Gasteiger partial charge in [0.25, 0.3) is 0 Å². The summed E-state index contributed by atoms with van der Waals surface area (Å²) in [6.07, 6.45) is 6.10. The minimum Gasteiger partial charge on any atom is -0.398 e. The van der Waals surface area contributed by atoms with E-state index in [0.717, 1.165) is 12.1 Å². The Morgan fingerprint density at radius 2 is 1.69 bits per heavy atom. The molecule has 1 aromatic heterocycles. The van der Waals surface area contributed by atoms with Gasteiger partial charge in [-0.05, 0) is 59.4 Å². The molecule has 0 bridgehead atoms. The zero-order chi connectivity index (χ0) is 19.3. The van der Waals surface area contributed by atoms with Crippen molar-refractivity contribution in [1.82, 2.24) is 4.57 Å². The summed E-state index contributed by atoms with van der Waals surface area (Å²) in [5, 5.41) is 5.46. The lowest BCUT2D eigenvalue weighted by molar-refractivity contribution is 0.00578. The van der Waals surface area contributed by atoms with E-state index >= 15 is 0 Å². The van der Waals surface area contributed by atoms with E-state index in [2.05, 4.69) is 4.57 Å². The number of primary sulfonamides is 1. The molecule has 8 heteroatoms. The van der Waals surface area contributed by atoms with E-state index in [1.165, 1.54) is 32.1 Å². The Labute approximate surface area is 157 Å². The van der Waals surface area contributed by atoms with Crippen molar-refractivity contribution in [3.05, 3.63) is 11.8 Å². The third kappa shape index (κ3) is 3.61. The van der Waals surface area contributed by atoms with E-state index < -0.39 is 28.3 Å². The fourth-order valence-corrected chi connectivity index (χ4v) is 4.77. The molecule has 0 amide bonds. The fraction of sp³-hybridized carbons (Fsp3) is 0.778. The second-order valence-electron chi connectivity index (χ2n) is 8.77. The number of rotatable bonds is 4. The van der Waals surface area contributed by atoms with Gasteiger partial charge in [-0.3, -0.25) is 0 Å². The summed E-state index contributed by atoms with van der Waals surface area (Å²) < 4.78 is 38.5. The van der Waals surface area contributed by atoms with Gasteiger partial charge in [-0.2, -0.15) is 0 Å². The highest BCUT2D eigenvalue weighted by atomic mass is 32.2. The van der Waals surface area contributed by atoms with Crippen LogP contribution in [0.5, 0.6) is 0 Å². The van der Waals surface area contributed by atoms with Gasteiger partial charge in [-0.15, -0.1) is 0 Å². The molecule has 2 heterocycles. The maximum absolute atomic E-state index is 12.1. The van der Waals surface area contributed by atoms with Crippen LogP contribution >= 0.6 is 0 Å². The first kappa shape index (κ1) is 19.9. The predicted molar refractivity (Wildman–Crippen MR) is 103 cm³/mol. The molecule has 0 atom stereocenters. The first-order valence-electron chi connectivity index (χ1n) is 9.51. The highest BCUT2D eigenvalue weighted by Crippen LogP contribution is 2.37. The Hall–Kier alpha value is -0.825. The van der Waals surface area contributed by atoms with Crippen LogP contribution in [0.3, 0.4) is 0 Å². The number of aromatic nitrogens is 1. The van der Waals surface area contributed by atoms with Crippen molar-refractivity contribution in [2.24, 2.45) is 11.1 Å². The molecule has 26 heavy (non-hydrogen) atoms. The monoisotopic (exact) mass is 382 g/mol. The molecule has 0 radical (unpaired) electrons. The van der Waals surface area contributed by atoms with Gasteiger partial charge >= 0.3 is 7.12 Å². The Bertz CT molecular complexity index is 763. The summed E-state index contributed by atoms with van der Waals surface area (Å²) in [5.74, 6) is 0.546. The highest BCUT2D eigenvalue weighted by Gasteiger charge is 2.53. The van der Waals surface area contributed by atoms with E-state index in [-0.39, 0.29) is 4.90 Å². The molecule has 3 rings (SSSR count). The second kappa shape index (κ2) is 6.65. The van der Waals surface area contributed by atoms with Gasteiger partial charge in [0.2, 0.25) is 10.0 Å². The molecule has 1 saturated heterocycles. The van der Waals surface area contributed by atoms with Crippen LogP contribution in [-0.4, -0.2) is 31.3 Å². The summed E-state index contributed by atoms with van der Waals surface area (Å²) in [6, 6.07) is 1.63. The standard InChI is InChI=1S/C18H31BN2O4S/c1-13-15(26(20,22)23)11-16(19-24-17(2,3)18(4,5)25-19)21(13)12-14-9-7-6-8-10-14/h11,14H,6-10,12H2,1-5H3,(H2,20,22,23). The quantitative estimate of drug-likeness (QED) is 0.811. The lowest BCUT2D eigenvalue weighted by atomic mass is 9.83. The molecule has 2 aliphatic rings. The Morgan fingerprint density at radius 3 is 2.19 bits per heavy atom. The highest BCUT2D eigenvalue weighted by molar-refractivity contribution is 7.89. The van der Waals surface area contributed by atoms with Crippen molar-refractivity contribution in [3.63, 3.8) is 0 Å². The van der Waals surface area contributed by atoms with Crippen LogP contribution in [0.4, 0.5) is 0 Å². The van der Waals surface area contributed by atoms with Crippen LogP contribution in [0.1, 0.15) is 65.5 Å². The van der Waals surface area contributed by atoms with Crippen molar-refractivity contribution >= 4 is 22.7 Å². The van der Waals surface area contributed by atoms with E-state index in [1.54, 1.807) is 6.07 Å². The van der Waals surface area contributed by atoms with E-state index in [1.807, 2.05) is 34.6 Å². The van der Waals surface area contributed by atoms with Crippen molar-refractivity contribution in [2.75, 3.05) is 0 Å². The molecular weight excluding hydrogens is 351 g/mol. The van der Waals surface area contributed by atoms with Crippen molar-refractivity contribution < 1.29 is 17.7 Å². The maximum Gasteiger partial charge on any atom is 0.512 e. The van der Waals surface area contributed by atoms with Gasteiger partial charge in [0.1, 0.15) is 4.90 Å². The molecule has 0 spiro atoms. The molecule has 1 saturated carbocycles. The zero-order valence-electron chi connectivity index (χ0n) is 16.5. The SMILES string of the molecule is Cc1c(S(N)(=O)=O)cc(B2OC(C)(C)C(C)(C)O2)n1CC1CCCCC1. The second-order valence-corrected chi connectivity index (χ2v) is 10.3. The van der Waals surface area contributed by atoms with Gasteiger partial charge in [0, 0.05) is 17.8 Å². The first-order valence-corrected chi connectivity index (χ1v) is 11.1. The molecule has 2 fully saturated rings. The number of nitrogens with two attached hydrogens (primary N) is 1. The van der Waals surface area contributed by atoms with E-state index in [4.69, 9.17) is 14.4 Å². The molecule has 146 valence electrons. The van der Waals surface area contributed by atoms with Crippen LogP contribution in [0.2, 0.25) is 0 Å². The Balaban J connectivity index is 2.00. The number of nitrogens with zero attached hydrogens (tertiary/aromatic N) is 1. The lowest BCUT2D eigenvalue weighted by Crippen LogP contribution is -2.41. The minimum atomic E-state index is -3.79. The van der Waals surface area contributed by atoms with Gasteiger partial charge in [-0.1, -0.05) is 19.3 Å². The molecule has 6 nitrogen and oxygen atoms in total. The minimum absolute atomic E-state index is 0.165. The van der Waals surface area contributed by atoms with Gasteiger partial charge in [0.05, 0.1) is 11.2 Å². The van der Waals surface area contributed by atoms with Crippen LogP contribution in [0.15, 0.2) is 11.0 Å². The van der Waals surface area contributed by atoms with Gasteiger partial charge in [0.15, 0.2) is 0 Å². The Morgan fingerprint density at radius 1 is 1.15 bits per heavy atom. The predicted octanol–water partition coefficient (Wildman–Crippen LogP) is 2.32. The first-order chi connectivity index (χ1) is 11.9. The van der Waals surface area contributed by atoms with Crippen molar-refractivity contribution in [2.45, 2.75) is 89.4 Å². The average molecular weight is 382 g/mol. The summed E-state index contributed by atoms with van der Waals surface area (Å²) in [6.45, 7) is 10.6. The van der Waals surface area contributed by atoms with E-state index in [9.17, 15) is 8.42 Å². The molecule has 0 unspecified atom stereocenters. The van der Waals surface area contributed by atoms with Crippen molar-refractivity contribution in [3.8, 4) is 0 Å². The third-order valence-electron chi connectivity index (χ3n) is 6.32. The lowest BCUT2D eigenvalue weighted by Gasteiger charge is -2.32. The zero-order valence-corrected chi connectivity index (χ0v) is 17.4. The van der Waals surface area contributed by atoms with Gasteiger partial charge < -0.3 is 13.9 Å². The average Bonchev–Trinajstić information content (AvgIpc) is 2.94. The number of hydrogen-bond donors (Lipinski definition) is 1.